The third-order valence-electron chi connectivity index (χ3n) is 6.96. The largest absolute Gasteiger partial charge is 0.508 e. The number of carbonyl (C=O) groups is 3. The monoisotopic (exact) mass is 587 g/mol. The van der Waals surface area contributed by atoms with Gasteiger partial charge in [-0.2, -0.15) is 0 Å². The van der Waals surface area contributed by atoms with E-state index < -0.39 is 35.2 Å². The number of aromatic hydroxyl groups is 1. The molecule has 230 valence electrons. The van der Waals surface area contributed by atoms with Crippen LogP contribution in [-0.4, -0.2) is 45.1 Å². The highest BCUT2D eigenvalue weighted by molar-refractivity contribution is 6.00. The maximum absolute atomic E-state index is 14.7. The number of nitrogens with zero attached hydrogens (tertiary/aromatic N) is 1. The zero-order valence-corrected chi connectivity index (χ0v) is 26.7. The molecule has 3 N–H and O–H groups in total. The van der Waals surface area contributed by atoms with Gasteiger partial charge >= 0.3 is 6.09 Å². The van der Waals surface area contributed by atoms with E-state index in [1.165, 1.54) is 12.1 Å². The Morgan fingerprint density at radius 3 is 2.07 bits per heavy atom. The molecule has 3 amide bonds. The van der Waals surface area contributed by atoms with Crippen molar-refractivity contribution in [3.05, 3.63) is 94.5 Å². The summed E-state index contributed by atoms with van der Waals surface area (Å²) in [6.07, 6.45) is -0.629. The molecule has 3 rings (SSSR count). The SMILES string of the molecule is Cc1ccc(C)c(C(C(=O)Nc2ccccc2C)N(C(=O)C(Cc2ccc(O)cc2)NC(=O)OC(C)(C)C)C(C)(C)C)c1. The number of benzene rings is 3. The van der Waals surface area contributed by atoms with Crippen LogP contribution in [-0.2, 0) is 20.7 Å². The predicted octanol–water partition coefficient (Wildman–Crippen LogP) is 6.76. The molecule has 0 aliphatic heterocycles. The fourth-order valence-electron chi connectivity index (χ4n) is 4.90. The highest BCUT2D eigenvalue weighted by Gasteiger charge is 2.42. The summed E-state index contributed by atoms with van der Waals surface area (Å²) < 4.78 is 5.52. The molecule has 8 nitrogen and oxygen atoms in total. The van der Waals surface area contributed by atoms with Gasteiger partial charge in [-0.1, -0.05) is 54.1 Å². The van der Waals surface area contributed by atoms with Crippen LogP contribution >= 0.6 is 0 Å². The highest BCUT2D eigenvalue weighted by Crippen LogP contribution is 2.34. The van der Waals surface area contributed by atoms with Crippen molar-refractivity contribution in [2.24, 2.45) is 0 Å². The van der Waals surface area contributed by atoms with Gasteiger partial charge in [0.05, 0.1) is 0 Å². The Hall–Kier alpha value is -4.33. The van der Waals surface area contributed by atoms with E-state index in [9.17, 15) is 19.5 Å². The van der Waals surface area contributed by atoms with Crippen molar-refractivity contribution in [1.29, 1.82) is 0 Å². The molecule has 2 unspecified atom stereocenters. The normalized spacial score (nSPS) is 13.0. The van der Waals surface area contributed by atoms with Gasteiger partial charge in [0.2, 0.25) is 5.91 Å². The third-order valence-corrected chi connectivity index (χ3v) is 6.96. The standard InChI is InChI=1S/C35H45N3O5/c1-22-14-15-23(2)27(20-22)30(31(40)36-28-13-11-10-12-24(28)3)38(34(4,5)6)32(41)29(37-33(42)43-35(7,8)9)21-25-16-18-26(39)19-17-25/h10-20,29-30,39H,21H2,1-9H3,(H,36,40)(H,37,42). The number of ether oxygens (including phenoxy) is 1. The van der Waals surface area contributed by atoms with Gasteiger partial charge < -0.3 is 25.4 Å². The summed E-state index contributed by atoms with van der Waals surface area (Å²) in [5, 5.41) is 15.6. The Balaban J connectivity index is 2.16. The number of rotatable bonds is 8. The molecule has 0 heterocycles. The molecule has 2 atom stereocenters. The molecular formula is C35H45N3O5. The van der Waals surface area contributed by atoms with Gasteiger partial charge in [-0.15, -0.1) is 0 Å². The molecule has 0 aliphatic rings. The molecular weight excluding hydrogens is 542 g/mol. The van der Waals surface area contributed by atoms with Gasteiger partial charge in [-0.3, -0.25) is 9.59 Å². The smallest absolute Gasteiger partial charge is 0.408 e. The summed E-state index contributed by atoms with van der Waals surface area (Å²) in [5.41, 5.74) is 3.12. The molecule has 3 aromatic rings. The van der Waals surface area contributed by atoms with Crippen molar-refractivity contribution in [1.82, 2.24) is 10.2 Å². The van der Waals surface area contributed by atoms with Gasteiger partial charge in [-0.05, 0) is 103 Å². The summed E-state index contributed by atoms with van der Waals surface area (Å²) in [6, 6.07) is 17.7. The van der Waals surface area contributed by atoms with E-state index in [1.807, 2.05) is 84.0 Å². The van der Waals surface area contributed by atoms with E-state index in [-0.39, 0.29) is 18.1 Å². The zero-order valence-electron chi connectivity index (χ0n) is 26.7. The number of alkyl carbamates (subject to hydrolysis) is 1. The Kier molecular flexibility index (Phi) is 10.3. The lowest BCUT2D eigenvalue weighted by molar-refractivity contribution is -0.146. The number of carbonyl (C=O) groups excluding carboxylic acids is 3. The number of hydrogen-bond acceptors (Lipinski definition) is 5. The summed E-state index contributed by atoms with van der Waals surface area (Å²) in [6.45, 7) is 16.6. The Morgan fingerprint density at radius 2 is 1.49 bits per heavy atom. The number of phenolic OH excluding ortho intramolecular Hbond substituents is 1. The Labute approximate surface area is 255 Å². The van der Waals surface area contributed by atoms with Crippen LogP contribution in [0, 0.1) is 20.8 Å². The molecule has 0 aromatic heterocycles. The fraction of sp³-hybridized carbons (Fsp3) is 0.400. The minimum Gasteiger partial charge on any atom is -0.508 e. The van der Waals surface area contributed by atoms with E-state index in [2.05, 4.69) is 10.6 Å². The third kappa shape index (κ3) is 9.08. The van der Waals surface area contributed by atoms with Crippen molar-refractivity contribution >= 4 is 23.6 Å². The number of anilines is 1. The molecule has 0 saturated carbocycles. The number of aryl methyl sites for hydroxylation is 3. The fourth-order valence-corrected chi connectivity index (χ4v) is 4.90. The zero-order chi connectivity index (χ0) is 32.1. The topological polar surface area (TPSA) is 108 Å². The molecule has 0 saturated heterocycles. The number of phenols is 1. The first-order valence-electron chi connectivity index (χ1n) is 14.5. The summed E-state index contributed by atoms with van der Waals surface area (Å²) in [7, 11) is 0. The van der Waals surface area contributed by atoms with Gasteiger partial charge in [0.1, 0.15) is 23.4 Å². The number of hydrogen-bond donors (Lipinski definition) is 3. The van der Waals surface area contributed by atoms with Crippen LogP contribution in [0.1, 0.15) is 75.4 Å². The minimum absolute atomic E-state index is 0.0888. The molecule has 0 radical (unpaired) electrons. The average molecular weight is 588 g/mol. The van der Waals surface area contributed by atoms with Crippen LogP contribution in [0.15, 0.2) is 66.7 Å². The summed E-state index contributed by atoms with van der Waals surface area (Å²) in [4.78, 5) is 43.6. The van der Waals surface area contributed by atoms with Gasteiger partial charge in [0, 0.05) is 17.6 Å². The van der Waals surface area contributed by atoms with Crippen LogP contribution < -0.4 is 10.6 Å². The lowest BCUT2D eigenvalue weighted by Gasteiger charge is -2.43. The molecule has 0 bridgehead atoms. The van der Waals surface area contributed by atoms with Crippen LogP contribution in [0.2, 0.25) is 0 Å². The first-order chi connectivity index (χ1) is 20.0. The second-order valence-electron chi connectivity index (χ2n) is 13.0. The van der Waals surface area contributed by atoms with Gasteiger partial charge in [0.25, 0.3) is 5.91 Å². The van der Waals surface area contributed by atoms with Crippen molar-refractivity contribution in [2.75, 3.05) is 5.32 Å². The lowest BCUT2D eigenvalue weighted by Crippen LogP contribution is -2.58. The minimum atomic E-state index is -1.07. The van der Waals surface area contributed by atoms with E-state index in [1.54, 1.807) is 37.8 Å². The molecule has 8 heteroatoms. The van der Waals surface area contributed by atoms with Crippen LogP contribution in [0.25, 0.3) is 0 Å². The number of nitrogens with one attached hydrogen (secondary N) is 2. The summed E-state index contributed by atoms with van der Waals surface area (Å²) >= 11 is 0. The van der Waals surface area contributed by atoms with Crippen LogP contribution in [0.3, 0.4) is 0 Å². The van der Waals surface area contributed by atoms with Crippen LogP contribution in [0.4, 0.5) is 10.5 Å². The number of amides is 3. The lowest BCUT2D eigenvalue weighted by atomic mass is 9.91. The first kappa shape index (κ1) is 33.2. The van der Waals surface area contributed by atoms with Crippen molar-refractivity contribution in [2.45, 2.75) is 92.0 Å². The van der Waals surface area contributed by atoms with E-state index in [0.717, 1.165) is 16.7 Å². The van der Waals surface area contributed by atoms with E-state index >= 15 is 0 Å². The second kappa shape index (κ2) is 13.3. The molecule has 43 heavy (non-hydrogen) atoms. The molecule has 0 aliphatic carbocycles. The maximum atomic E-state index is 14.7. The quantitative estimate of drug-likeness (QED) is 0.270. The average Bonchev–Trinajstić information content (AvgIpc) is 2.88. The highest BCUT2D eigenvalue weighted by atomic mass is 16.6. The van der Waals surface area contributed by atoms with E-state index in [4.69, 9.17) is 4.74 Å². The summed E-state index contributed by atoms with van der Waals surface area (Å²) in [5.74, 6) is -0.727. The van der Waals surface area contributed by atoms with Crippen LogP contribution in [0.5, 0.6) is 5.75 Å². The van der Waals surface area contributed by atoms with Gasteiger partial charge in [0.15, 0.2) is 0 Å². The van der Waals surface area contributed by atoms with Crippen molar-refractivity contribution < 1.29 is 24.2 Å². The molecule has 3 aromatic carbocycles. The Morgan fingerprint density at radius 1 is 0.860 bits per heavy atom. The van der Waals surface area contributed by atoms with E-state index in [0.29, 0.717) is 16.8 Å². The van der Waals surface area contributed by atoms with Crippen molar-refractivity contribution in [3.8, 4) is 5.75 Å². The number of para-hydroxylation sites is 1. The Bertz CT molecular complexity index is 1450. The van der Waals surface area contributed by atoms with Crippen molar-refractivity contribution in [3.63, 3.8) is 0 Å². The van der Waals surface area contributed by atoms with Gasteiger partial charge in [-0.25, -0.2) is 4.79 Å². The molecule has 0 fully saturated rings. The maximum Gasteiger partial charge on any atom is 0.408 e. The second-order valence-corrected chi connectivity index (χ2v) is 13.0. The molecule has 0 spiro atoms. The first-order valence-corrected chi connectivity index (χ1v) is 14.5. The predicted molar refractivity (Wildman–Crippen MR) is 170 cm³/mol.